The molecule has 0 atom stereocenters. The molecule has 0 unspecified atom stereocenters. The van der Waals surface area contributed by atoms with Crippen LogP contribution in [0, 0.1) is 0 Å². The lowest BCUT2D eigenvalue weighted by Crippen LogP contribution is -1.97. The van der Waals surface area contributed by atoms with Gasteiger partial charge in [0.1, 0.15) is 10.4 Å². The summed E-state index contributed by atoms with van der Waals surface area (Å²) in [5.74, 6) is 0.121. The molecule has 1 N–H and O–H groups in total. The maximum atomic E-state index is 11.6. The number of carbonyl (C=O) groups is 1. The number of carboxylic acid groups (broad SMARTS) is 1. The van der Waals surface area contributed by atoms with E-state index in [9.17, 15) is 9.90 Å². The largest absolute Gasteiger partial charge is 0.477 e. The van der Waals surface area contributed by atoms with Gasteiger partial charge in [-0.25, -0.2) is 9.78 Å². The number of aromatic nitrogens is 1. The van der Waals surface area contributed by atoms with Gasteiger partial charge < -0.3 is 19.0 Å². The zero-order chi connectivity index (χ0) is 17.4. The van der Waals surface area contributed by atoms with E-state index in [0.29, 0.717) is 32.6 Å². The number of para-hydroxylation sites is 2. The van der Waals surface area contributed by atoms with E-state index in [1.807, 2.05) is 18.2 Å². The van der Waals surface area contributed by atoms with E-state index < -0.39 is 5.97 Å². The number of ether oxygens (including phenoxy) is 2. The van der Waals surface area contributed by atoms with Gasteiger partial charge in [0, 0.05) is 4.47 Å². The highest BCUT2D eigenvalue weighted by molar-refractivity contribution is 9.10. The lowest BCUT2D eigenvalue weighted by atomic mass is 10.2. The van der Waals surface area contributed by atoms with Gasteiger partial charge in [0.25, 0.3) is 5.22 Å². The van der Waals surface area contributed by atoms with Gasteiger partial charge in [-0.1, -0.05) is 28.1 Å². The summed E-state index contributed by atoms with van der Waals surface area (Å²) in [7, 11) is 0. The molecule has 25 heavy (non-hydrogen) atoms. The average Bonchev–Trinajstić information content (AvgIpc) is 3.19. The van der Waals surface area contributed by atoms with Crippen molar-refractivity contribution in [1.82, 2.24) is 4.98 Å². The number of nitrogens with zero attached hydrogens (tertiary/aromatic N) is 1. The quantitative estimate of drug-likeness (QED) is 0.490. The summed E-state index contributed by atoms with van der Waals surface area (Å²) < 4.78 is 16.9. The molecule has 1 aliphatic rings. The number of oxazole rings is 1. The van der Waals surface area contributed by atoms with Crippen molar-refractivity contribution < 1.29 is 23.8 Å². The Morgan fingerprint density at radius 1 is 1.24 bits per heavy atom. The number of rotatable bonds is 4. The number of benzene rings is 2. The molecule has 0 saturated carbocycles. The van der Waals surface area contributed by atoms with Crippen molar-refractivity contribution in [1.29, 1.82) is 0 Å². The minimum absolute atomic E-state index is 0.0751. The zero-order valence-corrected chi connectivity index (χ0v) is 15.0. The third-order valence-corrected chi connectivity index (χ3v) is 5.01. The highest BCUT2D eigenvalue weighted by atomic mass is 79.9. The Labute approximate surface area is 154 Å². The molecule has 0 saturated heterocycles. The van der Waals surface area contributed by atoms with Crippen molar-refractivity contribution in [3.63, 3.8) is 0 Å². The normalized spacial score (nSPS) is 13.4. The number of thioether (sulfide) groups is 1. The molecule has 0 radical (unpaired) electrons. The van der Waals surface area contributed by atoms with Crippen LogP contribution in [0.4, 0.5) is 0 Å². The number of fused-ring (bicyclic) bond motifs is 2. The van der Waals surface area contributed by atoms with Crippen LogP contribution in [0.3, 0.4) is 0 Å². The molecule has 2 aromatic carbocycles. The average molecular weight is 420 g/mol. The molecule has 1 aromatic heterocycles. The maximum Gasteiger partial charge on any atom is 0.342 e. The van der Waals surface area contributed by atoms with E-state index in [1.165, 1.54) is 6.08 Å². The van der Waals surface area contributed by atoms with Crippen LogP contribution in [0.5, 0.6) is 11.5 Å². The Balaban J connectivity index is 1.69. The van der Waals surface area contributed by atoms with Crippen LogP contribution in [-0.2, 0) is 4.79 Å². The topological polar surface area (TPSA) is 81.8 Å². The van der Waals surface area contributed by atoms with Gasteiger partial charge in [-0.15, -0.1) is 0 Å². The van der Waals surface area contributed by atoms with E-state index >= 15 is 0 Å². The third-order valence-electron chi connectivity index (χ3n) is 3.46. The Morgan fingerprint density at radius 3 is 2.76 bits per heavy atom. The molecule has 0 fully saturated rings. The fourth-order valence-corrected chi connectivity index (χ4v) is 3.48. The Kier molecular flexibility index (Phi) is 4.14. The van der Waals surface area contributed by atoms with Crippen LogP contribution >= 0.6 is 27.7 Å². The van der Waals surface area contributed by atoms with Crippen LogP contribution in [0.1, 0.15) is 5.56 Å². The minimum atomic E-state index is -1.07. The molecule has 3 aromatic rings. The Morgan fingerprint density at radius 2 is 2.00 bits per heavy atom. The number of halogens is 1. The van der Waals surface area contributed by atoms with Gasteiger partial charge in [-0.05, 0) is 47.7 Å². The molecule has 0 amide bonds. The first-order chi connectivity index (χ1) is 12.1. The molecule has 126 valence electrons. The van der Waals surface area contributed by atoms with Gasteiger partial charge in [-0.3, -0.25) is 0 Å². The van der Waals surface area contributed by atoms with Crippen molar-refractivity contribution in [2.24, 2.45) is 0 Å². The number of hydrogen-bond donors (Lipinski definition) is 1. The SMILES string of the molecule is O=C(O)/C(=C/c1cc2c(cc1Br)OCO2)Sc1nc2ccccc2o1. The van der Waals surface area contributed by atoms with Gasteiger partial charge in [0.2, 0.25) is 6.79 Å². The molecule has 1 aliphatic heterocycles. The third kappa shape index (κ3) is 3.22. The lowest BCUT2D eigenvalue weighted by Gasteiger charge is -2.04. The van der Waals surface area contributed by atoms with E-state index in [-0.39, 0.29) is 16.9 Å². The second kappa shape index (κ2) is 6.45. The Bertz CT molecular complexity index is 980. The highest BCUT2D eigenvalue weighted by Crippen LogP contribution is 2.39. The predicted octanol–water partition coefficient (Wildman–Crippen LogP) is 4.54. The number of carboxylic acids is 1. The molecular formula is C17H10BrNO5S. The molecule has 8 heteroatoms. The van der Waals surface area contributed by atoms with Crippen molar-refractivity contribution in [2.45, 2.75) is 5.22 Å². The second-order valence-corrected chi connectivity index (χ2v) is 6.94. The first-order valence-electron chi connectivity index (χ1n) is 7.18. The molecule has 4 rings (SSSR count). The summed E-state index contributed by atoms with van der Waals surface area (Å²) in [5, 5.41) is 9.80. The monoisotopic (exact) mass is 419 g/mol. The summed E-state index contributed by atoms with van der Waals surface area (Å²) in [6.07, 6.45) is 1.54. The summed E-state index contributed by atoms with van der Waals surface area (Å²) in [6, 6.07) is 10.7. The van der Waals surface area contributed by atoms with Crippen LogP contribution in [0.25, 0.3) is 17.2 Å². The van der Waals surface area contributed by atoms with Crippen molar-refractivity contribution in [3.8, 4) is 11.5 Å². The van der Waals surface area contributed by atoms with Gasteiger partial charge >= 0.3 is 5.97 Å². The van der Waals surface area contributed by atoms with E-state index in [0.717, 1.165) is 11.8 Å². The van der Waals surface area contributed by atoms with E-state index in [1.54, 1.807) is 18.2 Å². The molecule has 6 nitrogen and oxygen atoms in total. The predicted molar refractivity (Wildman–Crippen MR) is 95.7 cm³/mol. The van der Waals surface area contributed by atoms with E-state index in [2.05, 4.69) is 20.9 Å². The van der Waals surface area contributed by atoms with Gasteiger partial charge in [-0.2, -0.15) is 0 Å². The van der Waals surface area contributed by atoms with Crippen molar-refractivity contribution >= 4 is 50.8 Å². The number of hydrogen-bond acceptors (Lipinski definition) is 6. The standard InChI is InChI=1S/C17H10BrNO5S/c18-10-7-14-13(22-8-23-14)5-9(10)6-15(16(20)21)25-17-19-11-3-1-2-4-12(11)24-17/h1-7H,8H2,(H,20,21)/b15-6-. The summed E-state index contributed by atoms with van der Waals surface area (Å²) in [4.78, 5) is 16.0. The van der Waals surface area contributed by atoms with Crippen molar-refractivity contribution in [3.05, 3.63) is 51.3 Å². The summed E-state index contributed by atoms with van der Waals surface area (Å²) in [6.45, 7) is 0.151. The first kappa shape index (κ1) is 16.0. The maximum absolute atomic E-state index is 11.6. The van der Waals surface area contributed by atoms with Crippen LogP contribution < -0.4 is 9.47 Å². The van der Waals surface area contributed by atoms with Gasteiger partial charge in [0.05, 0.1) is 0 Å². The van der Waals surface area contributed by atoms with Crippen LogP contribution in [0.2, 0.25) is 0 Å². The van der Waals surface area contributed by atoms with Crippen LogP contribution in [0.15, 0.2) is 55.4 Å². The van der Waals surface area contributed by atoms with Crippen LogP contribution in [-0.4, -0.2) is 22.9 Å². The molecular weight excluding hydrogens is 410 g/mol. The zero-order valence-electron chi connectivity index (χ0n) is 12.6. The smallest absolute Gasteiger partial charge is 0.342 e. The Hall–Kier alpha value is -2.45. The summed E-state index contributed by atoms with van der Waals surface area (Å²) >= 11 is 4.37. The molecule has 0 spiro atoms. The first-order valence-corrected chi connectivity index (χ1v) is 8.78. The molecule has 0 aliphatic carbocycles. The molecule has 2 heterocycles. The molecule has 0 bridgehead atoms. The summed E-state index contributed by atoms with van der Waals surface area (Å²) in [5.41, 5.74) is 1.95. The lowest BCUT2D eigenvalue weighted by molar-refractivity contribution is -0.131. The van der Waals surface area contributed by atoms with Crippen molar-refractivity contribution in [2.75, 3.05) is 6.79 Å². The van der Waals surface area contributed by atoms with Gasteiger partial charge in [0.15, 0.2) is 17.1 Å². The highest BCUT2D eigenvalue weighted by Gasteiger charge is 2.19. The fraction of sp³-hybridized carbons (Fsp3) is 0.0588. The number of aliphatic carboxylic acids is 1. The second-order valence-electron chi connectivity index (χ2n) is 5.09. The van der Waals surface area contributed by atoms with E-state index in [4.69, 9.17) is 13.9 Å². The fourth-order valence-electron chi connectivity index (χ4n) is 2.31. The minimum Gasteiger partial charge on any atom is -0.477 e.